The maximum Gasteiger partial charge on any atom is 0.429 e. The van der Waals surface area contributed by atoms with E-state index in [9.17, 15) is 22.8 Å². The van der Waals surface area contributed by atoms with E-state index in [1.54, 1.807) is 6.07 Å². The lowest BCUT2D eigenvalue weighted by molar-refractivity contribution is -0.207. The van der Waals surface area contributed by atoms with Gasteiger partial charge in [0.25, 0.3) is 0 Å². The van der Waals surface area contributed by atoms with Crippen LogP contribution < -0.4 is 0 Å². The number of unbranched alkanes of at least 4 members (excludes halogenated alkanes) is 3. The van der Waals surface area contributed by atoms with Crippen LogP contribution in [0.1, 0.15) is 65.0 Å². The Kier molecular flexibility index (Phi) is 8.24. The molecule has 0 spiro atoms. The van der Waals surface area contributed by atoms with Crippen molar-refractivity contribution in [1.82, 2.24) is 0 Å². The molecule has 0 amide bonds. The van der Waals surface area contributed by atoms with E-state index in [4.69, 9.17) is 9.47 Å². The first-order valence-electron chi connectivity index (χ1n) is 9.43. The van der Waals surface area contributed by atoms with Crippen LogP contribution in [0.2, 0.25) is 0 Å². The van der Waals surface area contributed by atoms with Crippen molar-refractivity contribution in [3.05, 3.63) is 71.3 Å². The standard InChI is InChI=1S/C22H23F3O4/c1-2-3-4-10-15-28-20(26)17-13-8-9-14-18(17)21(27)29-19(22(23,24)25)16-11-6-5-7-12-16/h5-9,11-14,19H,2-4,10,15H2,1H3. The Bertz CT molecular complexity index is 803. The Morgan fingerprint density at radius 2 is 1.45 bits per heavy atom. The molecule has 7 heteroatoms. The number of carbonyl (C=O) groups excluding carboxylic acids is 2. The molecule has 0 aliphatic rings. The Labute approximate surface area is 167 Å². The van der Waals surface area contributed by atoms with Crippen LogP contribution in [0, 0.1) is 0 Å². The van der Waals surface area contributed by atoms with Gasteiger partial charge < -0.3 is 9.47 Å². The molecule has 2 aromatic rings. The molecule has 0 heterocycles. The zero-order chi connectivity index (χ0) is 21.3. The van der Waals surface area contributed by atoms with Crippen molar-refractivity contribution in [3.63, 3.8) is 0 Å². The molecule has 1 atom stereocenters. The zero-order valence-electron chi connectivity index (χ0n) is 16.1. The normalized spacial score (nSPS) is 12.3. The van der Waals surface area contributed by atoms with Gasteiger partial charge in [-0.3, -0.25) is 0 Å². The van der Waals surface area contributed by atoms with Crippen molar-refractivity contribution in [2.24, 2.45) is 0 Å². The number of alkyl halides is 3. The Morgan fingerprint density at radius 3 is 2.03 bits per heavy atom. The fourth-order valence-corrected chi connectivity index (χ4v) is 2.73. The fraction of sp³-hybridized carbons (Fsp3) is 0.364. The summed E-state index contributed by atoms with van der Waals surface area (Å²) in [4.78, 5) is 24.8. The summed E-state index contributed by atoms with van der Waals surface area (Å²) in [5.74, 6) is -2.01. The predicted molar refractivity (Wildman–Crippen MR) is 102 cm³/mol. The molecule has 0 aromatic heterocycles. The van der Waals surface area contributed by atoms with Crippen LogP contribution in [0.25, 0.3) is 0 Å². The Balaban J connectivity index is 2.15. The summed E-state index contributed by atoms with van der Waals surface area (Å²) in [6.07, 6.45) is -3.61. The average Bonchev–Trinajstić information content (AvgIpc) is 2.71. The number of hydrogen-bond acceptors (Lipinski definition) is 4. The molecule has 0 radical (unpaired) electrons. The van der Waals surface area contributed by atoms with E-state index in [-0.39, 0.29) is 23.3 Å². The summed E-state index contributed by atoms with van der Waals surface area (Å²) >= 11 is 0. The SMILES string of the molecule is CCCCCCOC(=O)c1ccccc1C(=O)OC(c1ccccc1)C(F)(F)F. The van der Waals surface area contributed by atoms with Crippen molar-refractivity contribution >= 4 is 11.9 Å². The predicted octanol–water partition coefficient (Wildman–Crippen LogP) is 5.88. The molecule has 2 rings (SSSR count). The number of benzene rings is 2. The zero-order valence-corrected chi connectivity index (χ0v) is 16.1. The summed E-state index contributed by atoms with van der Waals surface area (Å²) in [7, 11) is 0. The first-order chi connectivity index (χ1) is 13.8. The number of halogens is 3. The maximum atomic E-state index is 13.4. The fourth-order valence-electron chi connectivity index (χ4n) is 2.73. The van der Waals surface area contributed by atoms with Gasteiger partial charge in [-0.1, -0.05) is 68.7 Å². The molecule has 0 aliphatic carbocycles. The minimum absolute atomic E-state index is 0.123. The third-order valence-electron chi connectivity index (χ3n) is 4.22. The molecular formula is C22H23F3O4. The maximum absolute atomic E-state index is 13.4. The summed E-state index contributed by atoms with van der Waals surface area (Å²) in [6.45, 7) is 2.23. The summed E-state index contributed by atoms with van der Waals surface area (Å²) in [6, 6.07) is 12.4. The van der Waals surface area contributed by atoms with Crippen LogP contribution in [0.3, 0.4) is 0 Å². The lowest BCUT2D eigenvalue weighted by Gasteiger charge is -2.21. The lowest BCUT2D eigenvalue weighted by Crippen LogP contribution is -2.27. The van der Waals surface area contributed by atoms with Gasteiger partial charge in [0, 0.05) is 5.56 Å². The second-order valence-electron chi connectivity index (χ2n) is 6.48. The van der Waals surface area contributed by atoms with Crippen molar-refractivity contribution in [3.8, 4) is 0 Å². The van der Waals surface area contributed by atoms with Gasteiger partial charge in [0.1, 0.15) is 0 Å². The number of rotatable bonds is 9. The topological polar surface area (TPSA) is 52.6 Å². The highest BCUT2D eigenvalue weighted by molar-refractivity contribution is 6.03. The van der Waals surface area contributed by atoms with E-state index in [0.717, 1.165) is 19.3 Å². The lowest BCUT2D eigenvalue weighted by atomic mass is 10.1. The first kappa shape index (κ1) is 22.5. The van der Waals surface area contributed by atoms with Gasteiger partial charge in [-0.15, -0.1) is 0 Å². The van der Waals surface area contributed by atoms with Gasteiger partial charge >= 0.3 is 18.1 Å². The van der Waals surface area contributed by atoms with E-state index in [2.05, 4.69) is 6.92 Å². The number of ether oxygens (including phenoxy) is 2. The number of carbonyl (C=O) groups is 2. The quantitative estimate of drug-likeness (QED) is 0.384. The molecule has 0 saturated carbocycles. The van der Waals surface area contributed by atoms with E-state index < -0.39 is 24.2 Å². The third-order valence-corrected chi connectivity index (χ3v) is 4.22. The van der Waals surface area contributed by atoms with E-state index in [1.807, 2.05) is 0 Å². The van der Waals surface area contributed by atoms with Gasteiger partial charge in [0.05, 0.1) is 17.7 Å². The third kappa shape index (κ3) is 6.62. The molecule has 0 aliphatic heterocycles. The average molecular weight is 408 g/mol. The minimum Gasteiger partial charge on any atom is -0.462 e. The van der Waals surface area contributed by atoms with Crippen LogP contribution in [-0.2, 0) is 9.47 Å². The Morgan fingerprint density at radius 1 is 0.862 bits per heavy atom. The molecule has 2 aromatic carbocycles. The van der Waals surface area contributed by atoms with Crippen LogP contribution >= 0.6 is 0 Å². The highest BCUT2D eigenvalue weighted by Crippen LogP contribution is 2.36. The summed E-state index contributed by atoms with van der Waals surface area (Å²) in [5, 5.41) is 0. The highest BCUT2D eigenvalue weighted by Gasteiger charge is 2.44. The molecular weight excluding hydrogens is 385 g/mol. The molecule has 0 saturated heterocycles. The van der Waals surface area contributed by atoms with Gasteiger partial charge in [0.2, 0.25) is 6.10 Å². The molecule has 0 N–H and O–H groups in total. The van der Waals surface area contributed by atoms with Gasteiger partial charge in [-0.05, 0) is 18.6 Å². The van der Waals surface area contributed by atoms with Crippen molar-refractivity contribution in [1.29, 1.82) is 0 Å². The molecule has 156 valence electrons. The van der Waals surface area contributed by atoms with Crippen LogP contribution in [0.4, 0.5) is 13.2 Å². The monoisotopic (exact) mass is 408 g/mol. The summed E-state index contributed by atoms with van der Waals surface area (Å²) < 4.78 is 50.2. The second kappa shape index (κ2) is 10.6. The van der Waals surface area contributed by atoms with Crippen LogP contribution in [0.5, 0.6) is 0 Å². The molecule has 4 nitrogen and oxygen atoms in total. The van der Waals surface area contributed by atoms with Gasteiger partial charge in [0.15, 0.2) is 0 Å². The van der Waals surface area contributed by atoms with Gasteiger partial charge in [-0.2, -0.15) is 13.2 Å². The van der Waals surface area contributed by atoms with Crippen molar-refractivity contribution < 1.29 is 32.2 Å². The van der Waals surface area contributed by atoms with Crippen LogP contribution in [-0.4, -0.2) is 24.7 Å². The minimum atomic E-state index is -4.80. The van der Waals surface area contributed by atoms with Gasteiger partial charge in [-0.25, -0.2) is 9.59 Å². The highest BCUT2D eigenvalue weighted by atomic mass is 19.4. The second-order valence-corrected chi connectivity index (χ2v) is 6.48. The molecule has 0 bridgehead atoms. The first-order valence-corrected chi connectivity index (χ1v) is 9.43. The molecule has 0 fully saturated rings. The van der Waals surface area contributed by atoms with Crippen molar-refractivity contribution in [2.45, 2.75) is 44.9 Å². The van der Waals surface area contributed by atoms with Crippen molar-refractivity contribution in [2.75, 3.05) is 6.61 Å². The smallest absolute Gasteiger partial charge is 0.429 e. The largest absolute Gasteiger partial charge is 0.462 e. The number of hydrogen-bond donors (Lipinski definition) is 0. The molecule has 29 heavy (non-hydrogen) atoms. The van der Waals surface area contributed by atoms with E-state index >= 15 is 0 Å². The van der Waals surface area contributed by atoms with Crippen LogP contribution in [0.15, 0.2) is 54.6 Å². The Hall–Kier alpha value is -2.83. The van der Waals surface area contributed by atoms with E-state index in [1.165, 1.54) is 48.5 Å². The molecule has 1 unspecified atom stereocenters. The van der Waals surface area contributed by atoms with E-state index in [0.29, 0.717) is 6.42 Å². The summed E-state index contributed by atoms with van der Waals surface area (Å²) in [5.41, 5.74) is -0.595. The number of esters is 2.